The van der Waals surface area contributed by atoms with E-state index >= 15 is 0 Å². The van der Waals surface area contributed by atoms with Gasteiger partial charge >= 0.3 is 0 Å². The van der Waals surface area contributed by atoms with E-state index in [1.807, 2.05) is 24.3 Å². The first-order valence-electron chi connectivity index (χ1n) is 18.3. The third-order valence-corrected chi connectivity index (χ3v) is 11.1. The number of para-hydroxylation sites is 4. The molecule has 8 aromatic carbocycles. The van der Waals surface area contributed by atoms with Crippen molar-refractivity contribution >= 4 is 65.4 Å². The second-order valence-electron chi connectivity index (χ2n) is 14.0. The molecular weight excluding hydrogens is 671 g/mol. The summed E-state index contributed by atoms with van der Waals surface area (Å²) in [6.45, 7) is 0. The van der Waals surface area contributed by atoms with Crippen molar-refractivity contribution in [1.29, 1.82) is 10.5 Å². The zero-order valence-corrected chi connectivity index (χ0v) is 29.5. The maximum Gasteiger partial charge on any atom is 0.0991 e. The number of hydrogen-bond acceptors (Lipinski definition) is 2. The van der Waals surface area contributed by atoms with Crippen LogP contribution in [0.25, 0.3) is 93.6 Å². The molecule has 5 heteroatoms. The first kappa shape index (κ1) is 30.7. The van der Waals surface area contributed by atoms with Crippen molar-refractivity contribution in [3.05, 3.63) is 187 Å². The molecule has 0 bridgehead atoms. The van der Waals surface area contributed by atoms with Crippen molar-refractivity contribution in [2.24, 2.45) is 0 Å². The maximum absolute atomic E-state index is 9.98. The highest BCUT2D eigenvalue weighted by atomic mass is 15.0. The number of aromatic nitrogens is 3. The van der Waals surface area contributed by atoms with Crippen LogP contribution < -0.4 is 0 Å². The molecule has 11 rings (SSSR count). The third-order valence-electron chi connectivity index (χ3n) is 11.1. The van der Waals surface area contributed by atoms with Gasteiger partial charge in [0.1, 0.15) is 0 Å². The summed E-state index contributed by atoms with van der Waals surface area (Å²) in [5.74, 6) is 0. The van der Waals surface area contributed by atoms with Crippen LogP contribution in [0.3, 0.4) is 0 Å². The molecule has 0 atom stereocenters. The van der Waals surface area contributed by atoms with Crippen LogP contribution in [-0.2, 0) is 0 Å². The molecular formula is C50H29N5. The van der Waals surface area contributed by atoms with Crippen molar-refractivity contribution in [2.75, 3.05) is 0 Å². The summed E-state index contributed by atoms with van der Waals surface area (Å²) < 4.78 is 6.96. The number of hydrogen-bond donors (Lipinski definition) is 0. The standard InChI is InChI=1S/C50H29N5/c51-30-32-17-24-48(55-46-15-7-1-9-37(46)38-10-2-8-16-47(38)55)41(27-32)34-19-21-35(22-20-34)53-44-13-5-4-12-40(44)43-29-36(23-26-50(43)53)54-45-14-6-3-11-39(45)42-28-33(31-52)18-25-49(42)54/h1-29H. The monoisotopic (exact) mass is 699 g/mol. The van der Waals surface area contributed by atoms with E-state index < -0.39 is 0 Å². The molecule has 3 aromatic heterocycles. The summed E-state index contributed by atoms with van der Waals surface area (Å²) in [7, 11) is 0. The molecule has 0 N–H and O–H groups in total. The molecule has 0 amide bonds. The third kappa shape index (κ3) is 4.51. The number of rotatable bonds is 4. The lowest BCUT2D eigenvalue weighted by Crippen LogP contribution is -1.99. The minimum atomic E-state index is 0.621. The van der Waals surface area contributed by atoms with E-state index in [0.29, 0.717) is 11.1 Å². The highest BCUT2D eigenvalue weighted by Gasteiger charge is 2.19. The zero-order chi connectivity index (χ0) is 36.6. The summed E-state index contributed by atoms with van der Waals surface area (Å²) in [6.07, 6.45) is 0. The normalized spacial score (nSPS) is 11.6. The molecule has 0 spiro atoms. The van der Waals surface area contributed by atoms with Gasteiger partial charge < -0.3 is 13.7 Å². The molecule has 0 saturated carbocycles. The molecule has 0 aliphatic rings. The Morgan fingerprint density at radius 1 is 0.327 bits per heavy atom. The van der Waals surface area contributed by atoms with E-state index in [1.54, 1.807) is 0 Å². The zero-order valence-electron chi connectivity index (χ0n) is 29.5. The van der Waals surface area contributed by atoms with Crippen LogP contribution in [0.1, 0.15) is 11.1 Å². The Morgan fingerprint density at radius 2 is 0.745 bits per heavy atom. The molecule has 0 radical (unpaired) electrons. The van der Waals surface area contributed by atoms with Crippen LogP contribution >= 0.6 is 0 Å². The van der Waals surface area contributed by atoms with Crippen LogP contribution in [0, 0.1) is 22.7 Å². The fraction of sp³-hybridized carbons (Fsp3) is 0. The Bertz CT molecular complexity index is 3400. The van der Waals surface area contributed by atoms with Crippen molar-refractivity contribution < 1.29 is 0 Å². The van der Waals surface area contributed by atoms with Gasteiger partial charge in [0.15, 0.2) is 0 Å². The predicted molar refractivity (Wildman–Crippen MR) is 224 cm³/mol. The minimum Gasteiger partial charge on any atom is -0.309 e. The van der Waals surface area contributed by atoms with E-state index in [9.17, 15) is 10.5 Å². The van der Waals surface area contributed by atoms with E-state index in [1.165, 1.54) is 16.2 Å². The molecule has 55 heavy (non-hydrogen) atoms. The summed E-state index contributed by atoms with van der Waals surface area (Å²) in [5, 5.41) is 26.5. The van der Waals surface area contributed by atoms with Crippen LogP contribution in [0.5, 0.6) is 0 Å². The summed E-state index contributed by atoms with van der Waals surface area (Å²) >= 11 is 0. The summed E-state index contributed by atoms with van der Waals surface area (Å²) in [5.41, 5.74) is 13.1. The molecule has 11 aromatic rings. The smallest absolute Gasteiger partial charge is 0.0991 e. The quantitative estimate of drug-likeness (QED) is 0.184. The van der Waals surface area contributed by atoms with E-state index in [0.717, 1.165) is 77.4 Å². The van der Waals surface area contributed by atoms with Gasteiger partial charge in [0.25, 0.3) is 0 Å². The molecule has 0 aliphatic heterocycles. The molecule has 3 heterocycles. The fourth-order valence-corrected chi connectivity index (χ4v) is 8.70. The SMILES string of the molecule is N#Cc1ccc(-n2c3ccccc3c3ccccc32)c(-c2ccc(-n3c4ccccc4c4cc(-n5c6ccccc6c6cc(C#N)ccc65)ccc43)cc2)c1. The molecule has 5 nitrogen and oxygen atoms in total. The summed E-state index contributed by atoms with van der Waals surface area (Å²) in [6, 6.07) is 66.0. The average Bonchev–Trinajstić information content (AvgIpc) is 3.89. The van der Waals surface area contributed by atoms with Crippen molar-refractivity contribution in [3.8, 4) is 40.3 Å². The topological polar surface area (TPSA) is 62.4 Å². The Morgan fingerprint density at radius 3 is 1.33 bits per heavy atom. The highest BCUT2D eigenvalue weighted by molar-refractivity contribution is 6.13. The Balaban J connectivity index is 1.08. The number of fused-ring (bicyclic) bond motifs is 9. The lowest BCUT2D eigenvalue weighted by molar-refractivity contribution is 1.16. The van der Waals surface area contributed by atoms with Gasteiger partial charge in [0, 0.05) is 49.3 Å². The molecule has 0 fully saturated rings. The first-order valence-corrected chi connectivity index (χ1v) is 18.3. The number of nitrogens with zero attached hydrogens (tertiary/aromatic N) is 5. The molecule has 0 unspecified atom stereocenters. The second kappa shape index (κ2) is 11.8. The maximum atomic E-state index is 9.98. The van der Waals surface area contributed by atoms with Crippen LogP contribution in [0.4, 0.5) is 0 Å². The Kier molecular flexibility index (Phi) is 6.61. The number of benzene rings is 8. The van der Waals surface area contributed by atoms with Gasteiger partial charge in [-0.3, -0.25) is 0 Å². The first-order chi connectivity index (χ1) is 27.2. The average molecular weight is 700 g/mol. The van der Waals surface area contributed by atoms with Crippen LogP contribution in [-0.4, -0.2) is 13.7 Å². The van der Waals surface area contributed by atoms with Gasteiger partial charge in [-0.1, -0.05) is 84.9 Å². The molecule has 0 saturated heterocycles. The fourth-order valence-electron chi connectivity index (χ4n) is 8.70. The highest BCUT2D eigenvalue weighted by Crippen LogP contribution is 2.39. The molecule has 254 valence electrons. The van der Waals surface area contributed by atoms with Gasteiger partial charge in [-0.15, -0.1) is 0 Å². The predicted octanol–water partition coefficient (Wildman–Crippen LogP) is 12.4. The van der Waals surface area contributed by atoms with Gasteiger partial charge in [0.05, 0.1) is 62.1 Å². The largest absolute Gasteiger partial charge is 0.309 e. The molecule has 0 aliphatic carbocycles. The lowest BCUT2D eigenvalue weighted by atomic mass is 10.0. The van der Waals surface area contributed by atoms with Gasteiger partial charge in [-0.05, 0) is 96.6 Å². The summed E-state index contributed by atoms with van der Waals surface area (Å²) in [4.78, 5) is 0. The Hall–Kier alpha value is -7.86. The van der Waals surface area contributed by atoms with Crippen LogP contribution in [0.2, 0.25) is 0 Å². The van der Waals surface area contributed by atoms with Crippen molar-refractivity contribution in [2.45, 2.75) is 0 Å². The Labute approximate surface area is 316 Å². The second-order valence-corrected chi connectivity index (χ2v) is 14.0. The van der Waals surface area contributed by atoms with Gasteiger partial charge in [-0.25, -0.2) is 0 Å². The van der Waals surface area contributed by atoms with E-state index in [-0.39, 0.29) is 0 Å². The van der Waals surface area contributed by atoms with Gasteiger partial charge in [-0.2, -0.15) is 10.5 Å². The lowest BCUT2D eigenvalue weighted by Gasteiger charge is -2.15. The van der Waals surface area contributed by atoms with Crippen molar-refractivity contribution in [3.63, 3.8) is 0 Å². The minimum absolute atomic E-state index is 0.621. The number of nitriles is 2. The van der Waals surface area contributed by atoms with E-state index in [4.69, 9.17) is 0 Å². The van der Waals surface area contributed by atoms with Crippen LogP contribution in [0.15, 0.2) is 176 Å². The van der Waals surface area contributed by atoms with Gasteiger partial charge in [0.2, 0.25) is 0 Å². The van der Waals surface area contributed by atoms with Crippen molar-refractivity contribution in [1.82, 2.24) is 13.7 Å². The van der Waals surface area contributed by atoms with E-state index in [2.05, 4.69) is 177 Å².